The Balaban J connectivity index is 3.19. The van der Waals surface area contributed by atoms with E-state index in [4.69, 9.17) is 14.6 Å². The van der Waals surface area contributed by atoms with E-state index in [1.54, 1.807) is 7.11 Å². The average Bonchev–Trinajstić information content (AvgIpc) is 2.04. The van der Waals surface area contributed by atoms with Crippen molar-refractivity contribution in [3.63, 3.8) is 0 Å². The Bertz CT molecular complexity index is 102. The van der Waals surface area contributed by atoms with Crippen LogP contribution in [-0.4, -0.2) is 38.6 Å². The lowest BCUT2D eigenvalue weighted by Gasteiger charge is -2.20. The summed E-state index contributed by atoms with van der Waals surface area (Å²) in [5, 5.41) is 8.92. The molecule has 0 saturated heterocycles. The van der Waals surface area contributed by atoms with Crippen LogP contribution in [0.1, 0.15) is 20.3 Å². The maximum Gasteiger partial charge on any atom is 0.0700 e. The SMILES string of the molecule is COCCOCCC(C)(C)CO. The summed E-state index contributed by atoms with van der Waals surface area (Å²) in [7, 11) is 1.65. The molecule has 0 unspecified atom stereocenters. The first kappa shape index (κ1) is 11.9. The fraction of sp³-hybridized carbons (Fsp3) is 1.00. The van der Waals surface area contributed by atoms with E-state index in [0.29, 0.717) is 19.8 Å². The second kappa shape index (κ2) is 6.40. The topological polar surface area (TPSA) is 38.7 Å². The first-order valence-corrected chi connectivity index (χ1v) is 4.30. The Morgan fingerprint density at radius 3 is 2.33 bits per heavy atom. The molecule has 3 heteroatoms. The van der Waals surface area contributed by atoms with Gasteiger partial charge in [0, 0.05) is 20.3 Å². The minimum absolute atomic E-state index is 0.0208. The van der Waals surface area contributed by atoms with E-state index in [1.165, 1.54) is 0 Å². The maximum atomic E-state index is 8.92. The van der Waals surface area contributed by atoms with Gasteiger partial charge >= 0.3 is 0 Å². The standard InChI is InChI=1S/C9H20O3/c1-9(2,8-10)4-5-12-7-6-11-3/h10H,4-8H2,1-3H3. The number of ether oxygens (including phenoxy) is 2. The molecular weight excluding hydrogens is 156 g/mol. The highest BCUT2D eigenvalue weighted by Crippen LogP contribution is 2.18. The minimum Gasteiger partial charge on any atom is -0.396 e. The largest absolute Gasteiger partial charge is 0.396 e. The fourth-order valence-corrected chi connectivity index (χ4v) is 0.672. The van der Waals surface area contributed by atoms with E-state index < -0.39 is 0 Å². The molecule has 0 aliphatic carbocycles. The van der Waals surface area contributed by atoms with E-state index in [-0.39, 0.29) is 12.0 Å². The van der Waals surface area contributed by atoms with Crippen LogP contribution in [-0.2, 0) is 9.47 Å². The molecule has 0 bridgehead atoms. The Labute approximate surface area is 74.7 Å². The van der Waals surface area contributed by atoms with Gasteiger partial charge in [0.15, 0.2) is 0 Å². The van der Waals surface area contributed by atoms with E-state index >= 15 is 0 Å². The van der Waals surface area contributed by atoms with Gasteiger partial charge in [-0.05, 0) is 11.8 Å². The summed E-state index contributed by atoms with van der Waals surface area (Å²) in [6.07, 6.45) is 0.882. The van der Waals surface area contributed by atoms with Crippen molar-refractivity contribution in [2.24, 2.45) is 5.41 Å². The molecule has 0 radical (unpaired) electrons. The van der Waals surface area contributed by atoms with Crippen molar-refractivity contribution in [1.82, 2.24) is 0 Å². The molecule has 3 nitrogen and oxygen atoms in total. The van der Waals surface area contributed by atoms with Crippen LogP contribution in [0.5, 0.6) is 0 Å². The highest BCUT2D eigenvalue weighted by Gasteiger charge is 2.15. The smallest absolute Gasteiger partial charge is 0.0700 e. The second-order valence-electron chi connectivity index (χ2n) is 3.68. The zero-order valence-corrected chi connectivity index (χ0v) is 8.30. The number of aliphatic hydroxyl groups excluding tert-OH is 1. The van der Waals surface area contributed by atoms with Gasteiger partial charge in [-0.25, -0.2) is 0 Å². The van der Waals surface area contributed by atoms with Gasteiger partial charge in [-0.3, -0.25) is 0 Å². The molecule has 0 aliphatic heterocycles. The monoisotopic (exact) mass is 176 g/mol. The van der Waals surface area contributed by atoms with E-state index in [0.717, 1.165) is 6.42 Å². The summed E-state index contributed by atoms with van der Waals surface area (Å²) in [4.78, 5) is 0. The molecule has 0 fully saturated rings. The third kappa shape index (κ3) is 6.58. The van der Waals surface area contributed by atoms with Gasteiger partial charge in [-0.15, -0.1) is 0 Å². The van der Waals surface area contributed by atoms with Gasteiger partial charge in [-0.2, -0.15) is 0 Å². The third-order valence-electron chi connectivity index (χ3n) is 1.78. The van der Waals surface area contributed by atoms with Crippen LogP contribution in [0.4, 0.5) is 0 Å². The molecule has 0 atom stereocenters. The Morgan fingerprint density at radius 1 is 1.17 bits per heavy atom. The molecule has 1 N–H and O–H groups in total. The van der Waals surface area contributed by atoms with Crippen molar-refractivity contribution >= 4 is 0 Å². The summed E-state index contributed by atoms with van der Waals surface area (Å²) >= 11 is 0. The summed E-state index contributed by atoms with van der Waals surface area (Å²) in [5.74, 6) is 0. The molecule has 0 aromatic rings. The zero-order valence-electron chi connectivity index (χ0n) is 8.30. The maximum absolute atomic E-state index is 8.92. The molecule has 0 amide bonds. The van der Waals surface area contributed by atoms with Crippen LogP contribution in [0.2, 0.25) is 0 Å². The van der Waals surface area contributed by atoms with Gasteiger partial charge < -0.3 is 14.6 Å². The molecule has 0 spiro atoms. The summed E-state index contributed by atoms with van der Waals surface area (Å²) in [6.45, 7) is 6.22. The highest BCUT2D eigenvalue weighted by atomic mass is 16.5. The van der Waals surface area contributed by atoms with Crippen molar-refractivity contribution in [1.29, 1.82) is 0 Å². The average molecular weight is 176 g/mol. The van der Waals surface area contributed by atoms with E-state index in [1.807, 2.05) is 13.8 Å². The van der Waals surface area contributed by atoms with Crippen molar-refractivity contribution in [3.05, 3.63) is 0 Å². The number of aliphatic hydroxyl groups is 1. The minimum atomic E-state index is -0.0208. The van der Waals surface area contributed by atoms with Gasteiger partial charge in [0.2, 0.25) is 0 Å². The van der Waals surface area contributed by atoms with Crippen molar-refractivity contribution in [3.8, 4) is 0 Å². The Hall–Kier alpha value is -0.120. The van der Waals surface area contributed by atoms with Crippen LogP contribution in [0.3, 0.4) is 0 Å². The van der Waals surface area contributed by atoms with Crippen LogP contribution in [0.15, 0.2) is 0 Å². The van der Waals surface area contributed by atoms with Crippen molar-refractivity contribution in [2.75, 3.05) is 33.5 Å². The lowest BCUT2D eigenvalue weighted by Crippen LogP contribution is -2.19. The zero-order chi connectivity index (χ0) is 9.45. The predicted octanol–water partition coefficient (Wildman–Crippen LogP) is 1.06. The normalized spacial score (nSPS) is 12.0. The molecule has 0 rings (SSSR count). The lowest BCUT2D eigenvalue weighted by atomic mass is 9.91. The van der Waals surface area contributed by atoms with Gasteiger partial charge in [0.05, 0.1) is 13.2 Å². The summed E-state index contributed by atoms with van der Waals surface area (Å²) < 4.78 is 10.1. The van der Waals surface area contributed by atoms with Crippen LogP contribution in [0.25, 0.3) is 0 Å². The Morgan fingerprint density at radius 2 is 1.83 bits per heavy atom. The van der Waals surface area contributed by atoms with E-state index in [9.17, 15) is 0 Å². The lowest BCUT2D eigenvalue weighted by molar-refractivity contribution is 0.0443. The second-order valence-corrected chi connectivity index (χ2v) is 3.68. The molecule has 0 aromatic carbocycles. The molecule has 0 aromatic heterocycles. The molecule has 0 saturated carbocycles. The van der Waals surface area contributed by atoms with Crippen LogP contribution in [0, 0.1) is 5.41 Å². The van der Waals surface area contributed by atoms with Gasteiger partial charge in [0.1, 0.15) is 0 Å². The quantitative estimate of drug-likeness (QED) is 0.589. The molecule has 0 heterocycles. The first-order valence-electron chi connectivity index (χ1n) is 4.30. The number of rotatable bonds is 7. The highest BCUT2D eigenvalue weighted by molar-refractivity contribution is 4.65. The van der Waals surface area contributed by atoms with Gasteiger partial charge in [-0.1, -0.05) is 13.8 Å². The fourth-order valence-electron chi connectivity index (χ4n) is 0.672. The number of methoxy groups -OCH3 is 1. The van der Waals surface area contributed by atoms with Crippen molar-refractivity contribution < 1.29 is 14.6 Å². The molecule has 0 aliphatic rings. The summed E-state index contributed by atoms with van der Waals surface area (Å²) in [5.41, 5.74) is -0.0208. The van der Waals surface area contributed by atoms with Crippen LogP contribution < -0.4 is 0 Å². The number of hydrogen-bond donors (Lipinski definition) is 1. The van der Waals surface area contributed by atoms with Crippen LogP contribution >= 0.6 is 0 Å². The third-order valence-corrected chi connectivity index (χ3v) is 1.78. The molecular formula is C9H20O3. The van der Waals surface area contributed by atoms with Gasteiger partial charge in [0.25, 0.3) is 0 Å². The summed E-state index contributed by atoms with van der Waals surface area (Å²) in [6, 6.07) is 0. The molecule has 74 valence electrons. The first-order chi connectivity index (χ1) is 5.62. The van der Waals surface area contributed by atoms with Crippen molar-refractivity contribution in [2.45, 2.75) is 20.3 Å². The predicted molar refractivity (Wildman–Crippen MR) is 48.2 cm³/mol. The number of hydrogen-bond acceptors (Lipinski definition) is 3. The molecule has 12 heavy (non-hydrogen) atoms. The Kier molecular flexibility index (Phi) is 6.34. The van der Waals surface area contributed by atoms with E-state index in [2.05, 4.69) is 0 Å².